The maximum atomic E-state index is 11.1. The quantitative estimate of drug-likeness (QED) is 0.311. The number of ether oxygens (including phenoxy) is 1. The van der Waals surface area contributed by atoms with Crippen molar-refractivity contribution in [2.45, 2.75) is 53.7 Å². The lowest BCUT2D eigenvalue weighted by molar-refractivity contribution is 0.0690. The van der Waals surface area contributed by atoms with Gasteiger partial charge in [-0.3, -0.25) is 0 Å². The predicted octanol–water partition coefficient (Wildman–Crippen LogP) is 6.98. The summed E-state index contributed by atoms with van der Waals surface area (Å²) in [6.07, 6.45) is 5.80. The largest absolute Gasteiger partial charge is 0.489 e. The van der Waals surface area contributed by atoms with Crippen molar-refractivity contribution in [1.82, 2.24) is 9.55 Å². The summed E-state index contributed by atoms with van der Waals surface area (Å²) in [4.78, 5) is 15.1. The fourth-order valence-corrected chi connectivity index (χ4v) is 4.30. The predicted molar refractivity (Wildman–Crippen MR) is 136 cm³/mol. The van der Waals surface area contributed by atoms with Crippen LogP contribution in [0.2, 0.25) is 0 Å². The minimum absolute atomic E-state index is 0.0402. The molecule has 0 unspecified atom stereocenters. The Balaban J connectivity index is 1.57. The van der Waals surface area contributed by atoms with E-state index in [9.17, 15) is 4.79 Å². The molecule has 0 aliphatic heterocycles. The standard InChI is InChI=1S/C29H32N2O3/c1-5-7-24-23-14-15-31(19-29(2,3)4)26(23)12-13-27(24)34-18-20-8-6-9-21(16-20)22-10-11-25(28(32)33)30-17-22/h6,8-17H,5,7,18-19H2,1-4H3,(H,32,33). The molecule has 0 bridgehead atoms. The molecule has 0 aliphatic rings. The first-order valence-corrected chi connectivity index (χ1v) is 11.8. The number of carbonyl (C=O) groups is 1. The Morgan fingerprint density at radius 1 is 1.06 bits per heavy atom. The minimum atomic E-state index is -1.03. The van der Waals surface area contributed by atoms with Crippen molar-refractivity contribution in [3.63, 3.8) is 0 Å². The molecular weight excluding hydrogens is 424 g/mol. The van der Waals surface area contributed by atoms with E-state index in [4.69, 9.17) is 9.84 Å². The van der Waals surface area contributed by atoms with Gasteiger partial charge in [0.05, 0.1) is 0 Å². The van der Waals surface area contributed by atoms with E-state index in [1.165, 1.54) is 22.5 Å². The number of hydrogen-bond acceptors (Lipinski definition) is 3. The number of benzene rings is 2. The van der Waals surface area contributed by atoms with Crippen LogP contribution in [0.25, 0.3) is 22.0 Å². The van der Waals surface area contributed by atoms with Gasteiger partial charge in [-0.15, -0.1) is 0 Å². The smallest absolute Gasteiger partial charge is 0.354 e. The Morgan fingerprint density at radius 2 is 1.88 bits per heavy atom. The molecule has 4 aromatic rings. The third kappa shape index (κ3) is 5.30. The highest BCUT2D eigenvalue weighted by molar-refractivity contribution is 5.86. The van der Waals surface area contributed by atoms with Gasteiger partial charge in [-0.2, -0.15) is 0 Å². The van der Waals surface area contributed by atoms with Gasteiger partial charge in [0.1, 0.15) is 18.1 Å². The van der Waals surface area contributed by atoms with Gasteiger partial charge in [-0.25, -0.2) is 9.78 Å². The lowest BCUT2D eigenvalue weighted by atomic mass is 9.97. The second-order valence-electron chi connectivity index (χ2n) is 9.96. The molecule has 0 amide bonds. The highest BCUT2D eigenvalue weighted by Gasteiger charge is 2.16. The SMILES string of the molecule is CCCc1c(OCc2cccc(-c3ccc(C(=O)O)nc3)c2)ccc2c1ccn2CC(C)(C)C. The first-order valence-electron chi connectivity index (χ1n) is 11.8. The summed E-state index contributed by atoms with van der Waals surface area (Å²) in [5.74, 6) is -0.0944. The number of aryl methyl sites for hydroxylation is 1. The monoisotopic (exact) mass is 456 g/mol. The van der Waals surface area contributed by atoms with Crippen LogP contribution < -0.4 is 4.74 Å². The van der Waals surface area contributed by atoms with Crippen LogP contribution in [0.1, 0.15) is 55.7 Å². The van der Waals surface area contributed by atoms with Crippen LogP contribution in [0.4, 0.5) is 0 Å². The molecular formula is C29H32N2O3. The number of carboxylic acids is 1. The Hall–Kier alpha value is -3.60. The molecule has 0 spiro atoms. The van der Waals surface area contributed by atoms with E-state index >= 15 is 0 Å². The molecule has 2 heterocycles. The van der Waals surface area contributed by atoms with Crippen LogP contribution in [0, 0.1) is 5.41 Å². The zero-order chi connectivity index (χ0) is 24.3. The van der Waals surface area contributed by atoms with Crippen LogP contribution in [-0.2, 0) is 19.6 Å². The van der Waals surface area contributed by atoms with Gasteiger partial charge in [0.25, 0.3) is 0 Å². The summed E-state index contributed by atoms with van der Waals surface area (Å²) in [7, 11) is 0. The number of hydrogen-bond donors (Lipinski definition) is 1. The molecule has 1 N–H and O–H groups in total. The first kappa shape index (κ1) is 23.6. The second kappa shape index (κ2) is 9.72. The van der Waals surface area contributed by atoms with Crippen molar-refractivity contribution in [1.29, 1.82) is 0 Å². The van der Waals surface area contributed by atoms with Crippen LogP contribution in [0.5, 0.6) is 5.75 Å². The third-order valence-corrected chi connectivity index (χ3v) is 5.80. The van der Waals surface area contributed by atoms with Crippen molar-refractivity contribution in [2.24, 2.45) is 5.41 Å². The molecule has 0 fully saturated rings. The highest BCUT2D eigenvalue weighted by Crippen LogP contribution is 2.32. The van der Waals surface area contributed by atoms with E-state index in [-0.39, 0.29) is 11.1 Å². The Bertz CT molecular complexity index is 1300. The van der Waals surface area contributed by atoms with Gasteiger partial charge in [0.2, 0.25) is 0 Å². The van der Waals surface area contributed by atoms with Gasteiger partial charge in [0.15, 0.2) is 0 Å². The first-order chi connectivity index (χ1) is 16.2. The molecule has 0 saturated heterocycles. The molecule has 2 aromatic heterocycles. The van der Waals surface area contributed by atoms with Crippen molar-refractivity contribution in [3.8, 4) is 16.9 Å². The van der Waals surface area contributed by atoms with E-state index in [0.717, 1.165) is 41.8 Å². The van der Waals surface area contributed by atoms with Gasteiger partial charge in [-0.1, -0.05) is 58.4 Å². The molecule has 2 aromatic carbocycles. The Kier molecular flexibility index (Phi) is 6.73. The zero-order valence-corrected chi connectivity index (χ0v) is 20.3. The van der Waals surface area contributed by atoms with E-state index in [2.05, 4.69) is 67.7 Å². The summed E-state index contributed by atoms with van der Waals surface area (Å²) >= 11 is 0. The van der Waals surface area contributed by atoms with E-state index in [0.29, 0.717) is 6.61 Å². The average Bonchev–Trinajstić information content (AvgIpc) is 3.20. The average molecular weight is 457 g/mol. The number of nitrogens with zero attached hydrogens (tertiary/aromatic N) is 2. The molecule has 4 rings (SSSR count). The van der Waals surface area contributed by atoms with E-state index in [1.54, 1.807) is 12.3 Å². The number of aromatic carboxylic acids is 1. The summed E-state index contributed by atoms with van der Waals surface area (Å²) in [6.45, 7) is 10.4. The minimum Gasteiger partial charge on any atom is -0.489 e. The fraction of sp³-hybridized carbons (Fsp3) is 0.310. The van der Waals surface area contributed by atoms with Crippen LogP contribution in [0.3, 0.4) is 0 Å². The summed E-state index contributed by atoms with van der Waals surface area (Å²) in [5.41, 5.74) is 5.67. The Morgan fingerprint density at radius 3 is 2.56 bits per heavy atom. The molecule has 0 saturated carbocycles. The van der Waals surface area contributed by atoms with Gasteiger partial charge < -0.3 is 14.4 Å². The number of aromatic nitrogens is 2. The van der Waals surface area contributed by atoms with Crippen LogP contribution in [0.15, 0.2) is 67.0 Å². The Labute approximate surface area is 201 Å². The maximum Gasteiger partial charge on any atom is 0.354 e. The summed E-state index contributed by atoms with van der Waals surface area (Å²) in [6, 6.07) is 17.9. The normalized spacial score (nSPS) is 11.6. The van der Waals surface area contributed by atoms with Gasteiger partial charge >= 0.3 is 5.97 Å². The van der Waals surface area contributed by atoms with Crippen molar-refractivity contribution in [3.05, 3.63) is 83.8 Å². The fourth-order valence-electron chi connectivity index (χ4n) is 4.30. The third-order valence-electron chi connectivity index (χ3n) is 5.80. The summed E-state index contributed by atoms with van der Waals surface area (Å²) < 4.78 is 8.67. The maximum absolute atomic E-state index is 11.1. The number of fused-ring (bicyclic) bond motifs is 1. The molecule has 176 valence electrons. The molecule has 5 nitrogen and oxygen atoms in total. The summed E-state index contributed by atoms with van der Waals surface area (Å²) in [5, 5.41) is 10.3. The van der Waals surface area contributed by atoms with Crippen molar-refractivity contribution < 1.29 is 14.6 Å². The number of rotatable bonds is 8. The van der Waals surface area contributed by atoms with Gasteiger partial charge in [0, 0.05) is 41.0 Å². The van der Waals surface area contributed by atoms with E-state index < -0.39 is 5.97 Å². The van der Waals surface area contributed by atoms with E-state index in [1.807, 2.05) is 18.2 Å². The number of carboxylic acid groups (broad SMARTS) is 1. The molecule has 0 aliphatic carbocycles. The topological polar surface area (TPSA) is 64.3 Å². The van der Waals surface area contributed by atoms with Gasteiger partial charge in [-0.05, 0) is 53.3 Å². The zero-order valence-electron chi connectivity index (χ0n) is 20.3. The number of pyridine rings is 1. The molecule has 5 heteroatoms. The lowest BCUT2D eigenvalue weighted by Crippen LogP contribution is -2.14. The molecule has 0 atom stereocenters. The van der Waals surface area contributed by atoms with Crippen LogP contribution in [-0.4, -0.2) is 20.6 Å². The highest BCUT2D eigenvalue weighted by atomic mass is 16.5. The van der Waals surface area contributed by atoms with Crippen molar-refractivity contribution >= 4 is 16.9 Å². The molecule has 0 radical (unpaired) electrons. The van der Waals surface area contributed by atoms with Crippen LogP contribution >= 0.6 is 0 Å². The second-order valence-corrected chi connectivity index (χ2v) is 9.96. The molecule has 34 heavy (non-hydrogen) atoms. The lowest BCUT2D eigenvalue weighted by Gasteiger charge is -2.20. The van der Waals surface area contributed by atoms with Crippen molar-refractivity contribution in [2.75, 3.05) is 0 Å².